The Morgan fingerprint density at radius 3 is 2.45 bits per heavy atom. The second-order valence-electron chi connectivity index (χ2n) is 6.79. The fourth-order valence-corrected chi connectivity index (χ4v) is 3.20. The molecule has 1 N–H and O–H groups in total. The lowest BCUT2D eigenvalue weighted by Crippen LogP contribution is -2.46. The molecule has 0 atom stereocenters. The lowest BCUT2D eigenvalue weighted by Gasteiger charge is -2.32. The van der Waals surface area contributed by atoms with Crippen LogP contribution >= 0.6 is 0 Å². The van der Waals surface area contributed by atoms with Crippen molar-refractivity contribution in [3.8, 4) is 5.75 Å². The summed E-state index contributed by atoms with van der Waals surface area (Å²) in [5, 5.41) is 2.89. The second-order valence-corrected chi connectivity index (χ2v) is 6.79. The topological polar surface area (TPSA) is 75.7 Å². The van der Waals surface area contributed by atoms with Crippen molar-refractivity contribution in [3.05, 3.63) is 65.2 Å². The van der Waals surface area contributed by atoms with Crippen LogP contribution in [-0.2, 0) is 4.79 Å². The molecule has 2 amide bonds. The first kappa shape index (κ1) is 20.4. The zero-order valence-corrected chi connectivity index (χ0v) is 15.8. The molecule has 0 unspecified atom stereocenters. The predicted molar refractivity (Wildman–Crippen MR) is 101 cm³/mol. The van der Waals surface area contributed by atoms with Crippen molar-refractivity contribution in [2.24, 2.45) is 0 Å². The number of nitrogens with zero attached hydrogens (tertiary/aromatic N) is 1. The van der Waals surface area contributed by atoms with Crippen LogP contribution in [-0.4, -0.2) is 41.8 Å². The second kappa shape index (κ2) is 8.81. The number of ether oxygens (including phenoxy) is 1. The van der Waals surface area contributed by atoms with Gasteiger partial charge >= 0.3 is 5.97 Å². The summed E-state index contributed by atoms with van der Waals surface area (Å²) < 4.78 is 31.8. The van der Waals surface area contributed by atoms with E-state index < -0.39 is 23.5 Å². The van der Waals surface area contributed by atoms with E-state index in [1.165, 1.54) is 17.9 Å². The van der Waals surface area contributed by atoms with Gasteiger partial charge in [0.25, 0.3) is 11.8 Å². The Bertz CT molecular complexity index is 940. The first-order valence-corrected chi connectivity index (χ1v) is 9.17. The number of amides is 2. The molecule has 152 valence electrons. The monoisotopic (exact) mass is 402 g/mol. The SMILES string of the molecule is CC(=O)Oc1cccc(C(=O)NC2CCN(C(=O)c3ccc(F)cc3F)CC2)c1. The minimum Gasteiger partial charge on any atom is -0.427 e. The molecular weight excluding hydrogens is 382 g/mol. The van der Waals surface area contributed by atoms with Crippen LogP contribution in [0.1, 0.15) is 40.5 Å². The van der Waals surface area contributed by atoms with Gasteiger partial charge in [-0.2, -0.15) is 0 Å². The lowest BCUT2D eigenvalue weighted by atomic mass is 10.0. The third-order valence-corrected chi connectivity index (χ3v) is 4.64. The number of piperidine rings is 1. The van der Waals surface area contributed by atoms with Gasteiger partial charge in [0.2, 0.25) is 0 Å². The maximum atomic E-state index is 13.8. The Labute approximate surface area is 166 Å². The maximum Gasteiger partial charge on any atom is 0.308 e. The molecule has 0 spiro atoms. The van der Waals surface area contributed by atoms with E-state index in [4.69, 9.17) is 4.74 Å². The van der Waals surface area contributed by atoms with Crippen molar-refractivity contribution in [1.82, 2.24) is 10.2 Å². The first-order valence-electron chi connectivity index (χ1n) is 9.17. The lowest BCUT2D eigenvalue weighted by molar-refractivity contribution is -0.131. The number of carbonyl (C=O) groups is 3. The van der Waals surface area contributed by atoms with E-state index in [9.17, 15) is 23.2 Å². The fourth-order valence-electron chi connectivity index (χ4n) is 3.20. The van der Waals surface area contributed by atoms with Gasteiger partial charge in [-0.05, 0) is 43.2 Å². The molecule has 0 aliphatic carbocycles. The van der Waals surface area contributed by atoms with Gasteiger partial charge in [-0.25, -0.2) is 8.78 Å². The number of esters is 1. The number of likely N-dealkylation sites (tertiary alicyclic amines) is 1. The van der Waals surface area contributed by atoms with Crippen LogP contribution in [0.2, 0.25) is 0 Å². The van der Waals surface area contributed by atoms with Gasteiger partial charge < -0.3 is 15.0 Å². The molecule has 2 aromatic rings. The molecule has 2 aromatic carbocycles. The van der Waals surface area contributed by atoms with Crippen molar-refractivity contribution in [2.75, 3.05) is 13.1 Å². The molecular formula is C21H20F2N2O4. The van der Waals surface area contributed by atoms with Crippen LogP contribution in [0.25, 0.3) is 0 Å². The average molecular weight is 402 g/mol. The highest BCUT2D eigenvalue weighted by Crippen LogP contribution is 2.18. The van der Waals surface area contributed by atoms with E-state index in [-0.39, 0.29) is 23.3 Å². The molecule has 8 heteroatoms. The minimum absolute atomic E-state index is 0.151. The van der Waals surface area contributed by atoms with Gasteiger partial charge in [0.1, 0.15) is 17.4 Å². The summed E-state index contributed by atoms with van der Waals surface area (Å²) in [6.07, 6.45) is 1.01. The quantitative estimate of drug-likeness (QED) is 0.630. The van der Waals surface area contributed by atoms with Crippen molar-refractivity contribution < 1.29 is 27.9 Å². The van der Waals surface area contributed by atoms with Crippen LogP contribution in [0.3, 0.4) is 0 Å². The summed E-state index contributed by atoms with van der Waals surface area (Å²) in [5.41, 5.74) is 0.187. The van der Waals surface area contributed by atoms with Crippen molar-refractivity contribution in [2.45, 2.75) is 25.8 Å². The molecule has 1 aliphatic heterocycles. The molecule has 1 fully saturated rings. The molecule has 1 heterocycles. The summed E-state index contributed by atoms with van der Waals surface area (Å²) in [6.45, 7) is 1.96. The number of benzene rings is 2. The highest BCUT2D eigenvalue weighted by molar-refractivity contribution is 5.95. The molecule has 6 nitrogen and oxygen atoms in total. The van der Waals surface area contributed by atoms with Crippen molar-refractivity contribution in [1.29, 1.82) is 0 Å². The highest BCUT2D eigenvalue weighted by Gasteiger charge is 2.26. The van der Waals surface area contributed by atoms with Gasteiger partial charge in [-0.15, -0.1) is 0 Å². The molecule has 0 saturated carbocycles. The minimum atomic E-state index is -0.891. The molecule has 0 radical (unpaired) electrons. The van der Waals surface area contributed by atoms with E-state index in [1.807, 2.05) is 0 Å². The zero-order valence-electron chi connectivity index (χ0n) is 15.8. The van der Waals surface area contributed by atoms with Crippen LogP contribution in [0.5, 0.6) is 5.75 Å². The van der Waals surface area contributed by atoms with E-state index in [0.29, 0.717) is 37.6 Å². The number of carbonyl (C=O) groups excluding carboxylic acids is 3. The third kappa shape index (κ3) is 5.16. The summed E-state index contributed by atoms with van der Waals surface area (Å²) in [6, 6.07) is 9.00. The number of rotatable bonds is 4. The molecule has 3 rings (SSSR count). The number of halogens is 2. The standard InChI is InChI=1S/C21H20F2N2O4/c1-13(26)29-17-4-2-3-14(11-17)20(27)24-16-7-9-25(10-8-16)21(28)18-6-5-15(22)12-19(18)23/h2-6,11-12,16H,7-10H2,1H3,(H,24,27). The Hall–Kier alpha value is -3.29. The number of hydrogen-bond acceptors (Lipinski definition) is 4. The highest BCUT2D eigenvalue weighted by atomic mass is 19.1. The Morgan fingerprint density at radius 1 is 1.07 bits per heavy atom. The van der Waals surface area contributed by atoms with Gasteiger partial charge in [0.05, 0.1) is 5.56 Å². The Morgan fingerprint density at radius 2 is 1.79 bits per heavy atom. The summed E-state index contributed by atoms with van der Waals surface area (Å²) >= 11 is 0. The van der Waals surface area contributed by atoms with E-state index in [0.717, 1.165) is 12.1 Å². The molecule has 1 aliphatic rings. The Balaban J connectivity index is 1.56. The van der Waals surface area contributed by atoms with Crippen molar-refractivity contribution >= 4 is 17.8 Å². The van der Waals surface area contributed by atoms with Gasteiger partial charge in [0.15, 0.2) is 0 Å². The zero-order chi connectivity index (χ0) is 21.0. The summed E-state index contributed by atoms with van der Waals surface area (Å²) in [5.74, 6) is -2.63. The van der Waals surface area contributed by atoms with E-state index in [1.54, 1.807) is 18.2 Å². The largest absolute Gasteiger partial charge is 0.427 e. The Kier molecular flexibility index (Phi) is 6.21. The number of nitrogens with one attached hydrogen (secondary N) is 1. The third-order valence-electron chi connectivity index (χ3n) is 4.64. The van der Waals surface area contributed by atoms with Crippen molar-refractivity contribution in [3.63, 3.8) is 0 Å². The molecule has 0 bridgehead atoms. The van der Waals surface area contributed by atoms with E-state index >= 15 is 0 Å². The van der Waals surface area contributed by atoms with E-state index in [2.05, 4.69) is 5.32 Å². The number of hydrogen-bond donors (Lipinski definition) is 1. The van der Waals surface area contributed by atoms with Crippen LogP contribution in [0.15, 0.2) is 42.5 Å². The van der Waals surface area contributed by atoms with Gasteiger partial charge in [0, 0.05) is 37.7 Å². The summed E-state index contributed by atoms with van der Waals surface area (Å²) in [4.78, 5) is 37.4. The molecule has 0 aromatic heterocycles. The molecule has 1 saturated heterocycles. The van der Waals surface area contributed by atoms with Gasteiger partial charge in [-0.3, -0.25) is 14.4 Å². The first-order chi connectivity index (χ1) is 13.8. The van der Waals surface area contributed by atoms with Crippen LogP contribution in [0, 0.1) is 11.6 Å². The average Bonchev–Trinajstić information content (AvgIpc) is 2.68. The molecule has 29 heavy (non-hydrogen) atoms. The predicted octanol–water partition coefficient (Wildman–Crippen LogP) is 2.92. The van der Waals surface area contributed by atoms with Crippen LogP contribution in [0.4, 0.5) is 8.78 Å². The smallest absolute Gasteiger partial charge is 0.308 e. The normalized spacial score (nSPS) is 14.4. The maximum absolute atomic E-state index is 13.8. The summed E-state index contributed by atoms with van der Waals surface area (Å²) in [7, 11) is 0. The van der Waals surface area contributed by atoms with Crippen LogP contribution < -0.4 is 10.1 Å². The fraction of sp³-hybridized carbons (Fsp3) is 0.286. The van der Waals surface area contributed by atoms with Gasteiger partial charge in [-0.1, -0.05) is 6.07 Å².